The van der Waals surface area contributed by atoms with Gasteiger partial charge >= 0.3 is 0 Å². The second-order valence-electron chi connectivity index (χ2n) is 9.28. The van der Waals surface area contributed by atoms with E-state index < -0.39 is 0 Å². The van der Waals surface area contributed by atoms with E-state index in [0.717, 1.165) is 53.2 Å². The van der Waals surface area contributed by atoms with Crippen molar-refractivity contribution in [1.82, 2.24) is 25.1 Å². The summed E-state index contributed by atoms with van der Waals surface area (Å²) >= 11 is 0. The third-order valence-corrected chi connectivity index (χ3v) is 5.99. The number of nitrogens with zero attached hydrogens (tertiary/aromatic N) is 4. The Kier molecular flexibility index (Phi) is 4.64. The average molecular weight is 418 g/mol. The van der Waals surface area contributed by atoms with Crippen LogP contribution in [0.3, 0.4) is 0 Å². The number of carbonyl (C=O) groups is 1. The van der Waals surface area contributed by atoms with Crippen LogP contribution in [0.25, 0.3) is 10.9 Å². The van der Waals surface area contributed by atoms with Crippen LogP contribution < -0.4 is 10.6 Å². The molecule has 31 heavy (non-hydrogen) atoms. The number of H-pyrrole nitrogens is 1. The molecule has 1 aromatic carbocycles. The third kappa shape index (κ3) is 3.73. The molecule has 0 fully saturated rings. The van der Waals surface area contributed by atoms with Crippen molar-refractivity contribution in [3.63, 3.8) is 0 Å². The molecule has 5 rings (SSSR count). The van der Waals surface area contributed by atoms with Gasteiger partial charge in [0, 0.05) is 41.6 Å². The summed E-state index contributed by atoms with van der Waals surface area (Å²) in [6.07, 6.45) is 7.30. The maximum Gasteiger partial charge on any atom is 0.228 e. The topological polar surface area (TPSA) is 98.8 Å². The molecular formula is C23H27N7O. The summed E-state index contributed by atoms with van der Waals surface area (Å²) in [4.78, 5) is 23.5. The molecule has 0 saturated heterocycles. The monoisotopic (exact) mass is 417 g/mol. The highest BCUT2D eigenvalue weighted by Gasteiger charge is 2.32. The maximum absolute atomic E-state index is 12.6. The first-order valence-electron chi connectivity index (χ1n) is 10.7. The Morgan fingerprint density at radius 3 is 2.90 bits per heavy atom. The molecule has 2 aromatic heterocycles. The summed E-state index contributed by atoms with van der Waals surface area (Å²) in [5.41, 5.74) is 4.05. The molecule has 8 nitrogen and oxygen atoms in total. The van der Waals surface area contributed by atoms with E-state index in [9.17, 15) is 4.79 Å². The van der Waals surface area contributed by atoms with Crippen LogP contribution in [0.15, 0.2) is 42.4 Å². The molecule has 2 aliphatic heterocycles. The minimum Gasteiger partial charge on any atom is -0.363 e. The Labute approximate surface area is 181 Å². The average Bonchev–Trinajstić information content (AvgIpc) is 3.40. The fourth-order valence-electron chi connectivity index (χ4n) is 4.30. The van der Waals surface area contributed by atoms with Crippen LogP contribution >= 0.6 is 0 Å². The zero-order valence-electron chi connectivity index (χ0n) is 18.1. The summed E-state index contributed by atoms with van der Waals surface area (Å²) in [6.45, 7) is 7.35. The molecule has 3 aromatic rings. The molecule has 1 amide bonds. The van der Waals surface area contributed by atoms with Crippen LogP contribution in [0.2, 0.25) is 0 Å². The predicted molar refractivity (Wildman–Crippen MR) is 121 cm³/mol. The van der Waals surface area contributed by atoms with Gasteiger partial charge in [-0.15, -0.1) is 0 Å². The molecule has 0 aliphatic carbocycles. The Hall–Kier alpha value is -3.42. The molecule has 1 atom stereocenters. The van der Waals surface area contributed by atoms with Gasteiger partial charge in [0.1, 0.15) is 18.0 Å². The first-order valence-corrected chi connectivity index (χ1v) is 10.7. The van der Waals surface area contributed by atoms with E-state index in [1.54, 1.807) is 6.33 Å². The van der Waals surface area contributed by atoms with Crippen LogP contribution in [0.5, 0.6) is 0 Å². The molecular weight excluding hydrogens is 390 g/mol. The van der Waals surface area contributed by atoms with Gasteiger partial charge in [0.2, 0.25) is 5.91 Å². The molecule has 4 heterocycles. The Morgan fingerprint density at radius 2 is 2.13 bits per heavy atom. The summed E-state index contributed by atoms with van der Waals surface area (Å²) < 4.78 is 0. The molecule has 1 unspecified atom stereocenters. The quantitative estimate of drug-likeness (QED) is 0.563. The second kappa shape index (κ2) is 7.37. The number of amides is 1. The number of hydrogen-bond donors (Lipinski definition) is 3. The highest BCUT2D eigenvalue weighted by Crippen LogP contribution is 2.34. The van der Waals surface area contributed by atoms with Crippen LogP contribution in [0.4, 0.5) is 17.3 Å². The van der Waals surface area contributed by atoms with E-state index >= 15 is 0 Å². The first kappa shape index (κ1) is 19.5. The lowest BCUT2D eigenvalue weighted by molar-refractivity contribution is -0.139. The SMILES string of the molecule is CC(C)(C)C(=O)N1CC=C(C2Cc3c(Nc4ccc5[nH]ncc5c4)ncnc3N2)CC1. The molecule has 0 saturated carbocycles. The highest BCUT2D eigenvalue weighted by atomic mass is 16.2. The Morgan fingerprint density at radius 1 is 1.26 bits per heavy atom. The number of nitrogens with one attached hydrogen (secondary N) is 3. The molecule has 160 valence electrons. The van der Waals surface area contributed by atoms with Crippen molar-refractivity contribution in [2.75, 3.05) is 23.7 Å². The number of hydrogen-bond acceptors (Lipinski definition) is 6. The van der Waals surface area contributed by atoms with Gasteiger partial charge in [-0.3, -0.25) is 9.89 Å². The number of aromatic nitrogens is 4. The molecule has 8 heteroatoms. The summed E-state index contributed by atoms with van der Waals surface area (Å²) in [5, 5.41) is 15.1. The van der Waals surface area contributed by atoms with Gasteiger partial charge in [0.05, 0.1) is 17.8 Å². The molecule has 0 spiro atoms. The number of aromatic amines is 1. The van der Waals surface area contributed by atoms with Crippen molar-refractivity contribution in [2.45, 2.75) is 39.7 Å². The van der Waals surface area contributed by atoms with E-state index in [0.29, 0.717) is 6.54 Å². The van der Waals surface area contributed by atoms with Crippen LogP contribution in [-0.4, -0.2) is 50.1 Å². The fraction of sp³-hybridized carbons (Fsp3) is 0.391. The smallest absolute Gasteiger partial charge is 0.228 e. The van der Waals surface area contributed by atoms with Crippen molar-refractivity contribution in [3.05, 3.63) is 47.9 Å². The van der Waals surface area contributed by atoms with Crippen LogP contribution in [-0.2, 0) is 11.2 Å². The zero-order valence-corrected chi connectivity index (χ0v) is 18.1. The summed E-state index contributed by atoms with van der Waals surface area (Å²) in [6, 6.07) is 6.26. The third-order valence-electron chi connectivity index (χ3n) is 5.99. The molecule has 0 bridgehead atoms. The Bertz CT molecular complexity index is 1170. The van der Waals surface area contributed by atoms with Gasteiger partial charge in [0.15, 0.2) is 0 Å². The Balaban J connectivity index is 1.31. The van der Waals surface area contributed by atoms with Gasteiger partial charge in [0.25, 0.3) is 0 Å². The van der Waals surface area contributed by atoms with Gasteiger partial charge in [-0.1, -0.05) is 26.8 Å². The zero-order chi connectivity index (χ0) is 21.6. The largest absolute Gasteiger partial charge is 0.363 e. The van der Waals surface area contributed by atoms with Gasteiger partial charge in [-0.2, -0.15) is 5.10 Å². The predicted octanol–water partition coefficient (Wildman–Crippen LogP) is 3.64. The molecule has 2 aliphatic rings. The van der Waals surface area contributed by atoms with Crippen molar-refractivity contribution in [1.29, 1.82) is 0 Å². The minimum absolute atomic E-state index is 0.190. The number of benzene rings is 1. The van der Waals surface area contributed by atoms with Crippen molar-refractivity contribution in [3.8, 4) is 0 Å². The van der Waals surface area contributed by atoms with Gasteiger partial charge in [-0.05, 0) is 30.2 Å². The normalized spacial score (nSPS) is 18.5. The lowest BCUT2D eigenvalue weighted by atomic mass is 9.92. The second-order valence-corrected chi connectivity index (χ2v) is 9.28. The van der Waals surface area contributed by atoms with Gasteiger partial charge in [-0.25, -0.2) is 9.97 Å². The van der Waals surface area contributed by atoms with Gasteiger partial charge < -0.3 is 15.5 Å². The van der Waals surface area contributed by atoms with E-state index in [1.165, 1.54) is 5.57 Å². The van der Waals surface area contributed by atoms with E-state index in [1.807, 2.05) is 44.0 Å². The lowest BCUT2D eigenvalue weighted by Gasteiger charge is -2.33. The van der Waals surface area contributed by atoms with E-state index in [2.05, 4.69) is 42.9 Å². The molecule has 0 radical (unpaired) electrons. The van der Waals surface area contributed by atoms with Crippen molar-refractivity contribution >= 4 is 34.1 Å². The highest BCUT2D eigenvalue weighted by molar-refractivity contribution is 5.83. The maximum atomic E-state index is 12.6. The van der Waals surface area contributed by atoms with Crippen molar-refractivity contribution in [2.24, 2.45) is 5.41 Å². The van der Waals surface area contributed by atoms with Crippen LogP contribution in [0.1, 0.15) is 32.8 Å². The number of rotatable bonds is 3. The van der Waals surface area contributed by atoms with Crippen LogP contribution in [0, 0.1) is 5.41 Å². The van der Waals surface area contributed by atoms with Crippen molar-refractivity contribution < 1.29 is 4.79 Å². The number of anilines is 3. The fourth-order valence-corrected chi connectivity index (χ4v) is 4.30. The van der Waals surface area contributed by atoms with E-state index in [-0.39, 0.29) is 17.4 Å². The summed E-state index contributed by atoms with van der Waals surface area (Å²) in [7, 11) is 0. The molecule has 3 N–H and O–H groups in total. The summed E-state index contributed by atoms with van der Waals surface area (Å²) in [5.74, 6) is 1.90. The standard InChI is InChI=1S/C23H27N7O/c1-23(2,3)22(31)30-8-6-14(7-9-30)19-11-17-20(24-13-25-21(17)28-19)27-16-4-5-18-15(10-16)12-26-29-18/h4-6,10,12-13,19H,7-9,11H2,1-3H3,(H,26,29)(H2,24,25,27,28). The number of carbonyl (C=O) groups excluding carboxylic acids is 1. The number of fused-ring (bicyclic) bond motifs is 2. The van der Waals surface area contributed by atoms with E-state index in [4.69, 9.17) is 0 Å². The minimum atomic E-state index is -0.344. The first-order chi connectivity index (χ1) is 14.9. The lowest BCUT2D eigenvalue weighted by Crippen LogP contribution is -2.42.